The van der Waals surface area contributed by atoms with E-state index in [4.69, 9.17) is 15.2 Å². The summed E-state index contributed by atoms with van der Waals surface area (Å²) >= 11 is 1.65. The van der Waals surface area contributed by atoms with E-state index in [-0.39, 0.29) is 6.04 Å². The highest BCUT2D eigenvalue weighted by Gasteiger charge is 2.15. The van der Waals surface area contributed by atoms with Crippen LogP contribution in [0.15, 0.2) is 47.6 Å². The Morgan fingerprint density at radius 3 is 2.80 bits per heavy atom. The highest BCUT2D eigenvalue weighted by Crippen LogP contribution is 2.33. The van der Waals surface area contributed by atoms with Crippen molar-refractivity contribution >= 4 is 11.8 Å². The molecule has 1 aliphatic rings. The van der Waals surface area contributed by atoms with Gasteiger partial charge < -0.3 is 15.2 Å². The van der Waals surface area contributed by atoms with Crippen LogP contribution < -0.4 is 15.2 Å². The minimum atomic E-state index is -0.0576. The third-order valence-electron chi connectivity index (χ3n) is 3.04. The maximum Gasteiger partial charge on any atom is 0.161 e. The van der Waals surface area contributed by atoms with Crippen molar-refractivity contribution in [3.8, 4) is 11.5 Å². The van der Waals surface area contributed by atoms with E-state index in [1.54, 1.807) is 18.0 Å². The predicted octanol–water partition coefficient (Wildman–Crippen LogP) is 2.64. The number of rotatable bonds is 4. The summed E-state index contributed by atoms with van der Waals surface area (Å²) in [7, 11) is 0. The van der Waals surface area contributed by atoms with E-state index in [9.17, 15) is 0 Å². The molecule has 2 aromatic rings. The first-order valence-electron chi connectivity index (χ1n) is 6.52. The topological polar surface area (TPSA) is 57.4 Å². The van der Waals surface area contributed by atoms with E-state index in [2.05, 4.69) is 4.98 Å². The Labute approximate surface area is 122 Å². The number of ether oxygens (including phenoxy) is 2. The molecular formula is C15H16N2O2S. The second-order valence-corrected chi connectivity index (χ2v) is 5.53. The van der Waals surface area contributed by atoms with E-state index < -0.39 is 0 Å². The normalized spacial score (nSPS) is 14.8. The van der Waals surface area contributed by atoms with Gasteiger partial charge in [-0.15, -0.1) is 11.8 Å². The molecule has 0 spiro atoms. The SMILES string of the molecule is NC(CSc1ccccn1)c1ccc2c(c1)OCCO2. The lowest BCUT2D eigenvalue weighted by molar-refractivity contribution is 0.171. The molecule has 20 heavy (non-hydrogen) atoms. The van der Waals surface area contributed by atoms with E-state index in [1.807, 2.05) is 36.4 Å². The highest BCUT2D eigenvalue weighted by molar-refractivity contribution is 7.99. The zero-order valence-corrected chi connectivity index (χ0v) is 11.8. The minimum Gasteiger partial charge on any atom is -0.486 e. The molecule has 1 atom stereocenters. The third-order valence-corrected chi connectivity index (χ3v) is 4.11. The van der Waals surface area contributed by atoms with Crippen LogP contribution in [0.1, 0.15) is 11.6 Å². The smallest absolute Gasteiger partial charge is 0.161 e. The Morgan fingerprint density at radius 1 is 1.15 bits per heavy atom. The summed E-state index contributed by atoms with van der Waals surface area (Å²) in [6.07, 6.45) is 1.79. The van der Waals surface area contributed by atoms with Crippen molar-refractivity contribution in [1.82, 2.24) is 4.98 Å². The lowest BCUT2D eigenvalue weighted by Crippen LogP contribution is -2.17. The number of nitrogens with two attached hydrogens (primary N) is 1. The summed E-state index contributed by atoms with van der Waals surface area (Å²) < 4.78 is 11.1. The number of hydrogen-bond donors (Lipinski definition) is 1. The number of thioether (sulfide) groups is 1. The van der Waals surface area contributed by atoms with Crippen molar-refractivity contribution in [3.05, 3.63) is 48.2 Å². The molecule has 1 aromatic heterocycles. The first-order chi connectivity index (χ1) is 9.83. The van der Waals surface area contributed by atoms with Crippen molar-refractivity contribution in [2.75, 3.05) is 19.0 Å². The molecule has 0 radical (unpaired) electrons. The van der Waals surface area contributed by atoms with Crippen LogP contribution in [0.25, 0.3) is 0 Å². The minimum absolute atomic E-state index is 0.0576. The Kier molecular flexibility index (Phi) is 4.08. The van der Waals surface area contributed by atoms with Crippen LogP contribution in [0.4, 0.5) is 0 Å². The standard InChI is InChI=1S/C15H16N2O2S/c16-12(10-20-15-3-1-2-6-17-15)11-4-5-13-14(9-11)19-8-7-18-13/h1-6,9,12H,7-8,10,16H2. The van der Waals surface area contributed by atoms with E-state index in [0.717, 1.165) is 27.8 Å². The Hall–Kier alpha value is -1.72. The molecular weight excluding hydrogens is 272 g/mol. The highest BCUT2D eigenvalue weighted by atomic mass is 32.2. The number of nitrogens with zero attached hydrogens (tertiary/aromatic N) is 1. The molecule has 2 N–H and O–H groups in total. The van der Waals surface area contributed by atoms with Crippen molar-refractivity contribution in [2.24, 2.45) is 5.73 Å². The number of fused-ring (bicyclic) bond motifs is 1. The van der Waals surface area contributed by atoms with Gasteiger partial charge in [-0.25, -0.2) is 4.98 Å². The molecule has 1 unspecified atom stereocenters. The van der Waals surface area contributed by atoms with Crippen LogP contribution in [0.5, 0.6) is 11.5 Å². The first kappa shape index (κ1) is 13.3. The van der Waals surface area contributed by atoms with Crippen LogP contribution in [0.3, 0.4) is 0 Å². The largest absolute Gasteiger partial charge is 0.486 e. The van der Waals surface area contributed by atoms with Gasteiger partial charge in [0.15, 0.2) is 11.5 Å². The van der Waals surface area contributed by atoms with Crippen LogP contribution in [0, 0.1) is 0 Å². The van der Waals surface area contributed by atoms with Gasteiger partial charge in [-0.05, 0) is 29.8 Å². The number of benzene rings is 1. The van der Waals surface area contributed by atoms with Crippen LogP contribution >= 0.6 is 11.8 Å². The maximum atomic E-state index is 6.23. The summed E-state index contributed by atoms with van der Waals surface area (Å²) in [6.45, 7) is 1.20. The van der Waals surface area contributed by atoms with Crippen LogP contribution in [-0.2, 0) is 0 Å². The van der Waals surface area contributed by atoms with Crippen molar-refractivity contribution in [3.63, 3.8) is 0 Å². The van der Waals surface area contributed by atoms with Gasteiger partial charge in [0, 0.05) is 18.0 Å². The van der Waals surface area contributed by atoms with Gasteiger partial charge in [-0.1, -0.05) is 12.1 Å². The van der Waals surface area contributed by atoms with Crippen LogP contribution in [-0.4, -0.2) is 24.0 Å². The molecule has 5 heteroatoms. The Balaban J connectivity index is 1.66. The number of aromatic nitrogens is 1. The molecule has 1 aromatic carbocycles. The van der Waals surface area contributed by atoms with Crippen molar-refractivity contribution in [1.29, 1.82) is 0 Å². The molecule has 0 aliphatic carbocycles. The molecule has 0 fully saturated rings. The average molecular weight is 288 g/mol. The van der Waals surface area contributed by atoms with Crippen molar-refractivity contribution < 1.29 is 9.47 Å². The Morgan fingerprint density at radius 2 is 2.00 bits per heavy atom. The molecule has 2 heterocycles. The lowest BCUT2D eigenvalue weighted by Gasteiger charge is -2.20. The fourth-order valence-corrected chi connectivity index (χ4v) is 2.85. The quantitative estimate of drug-likeness (QED) is 0.877. The summed E-state index contributed by atoms with van der Waals surface area (Å²) in [5, 5.41) is 0.987. The molecule has 3 rings (SSSR count). The van der Waals surface area contributed by atoms with E-state index in [0.29, 0.717) is 13.2 Å². The molecule has 0 amide bonds. The monoisotopic (exact) mass is 288 g/mol. The van der Waals surface area contributed by atoms with E-state index >= 15 is 0 Å². The third kappa shape index (κ3) is 3.05. The van der Waals surface area contributed by atoms with Gasteiger partial charge in [-0.3, -0.25) is 0 Å². The second-order valence-electron chi connectivity index (χ2n) is 4.49. The van der Waals surface area contributed by atoms with Gasteiger partial charge in [0.25, 0.3) is 0 Å². The molecule has 0 saturated carbocycles. The first-order valence-corrected chi connectivity index (χ1v) is 7.50. The Bertz CT molecular complexity index is 577. The summed E-state index contributed by atoms with van der Waals surface area (Å²) in [5.74, 6) is 2.35. The summed E-state index contributed by atoms with van der Waals surface area (Å²) in [4.78, 5) is 4.28. The maximum absolute atomic E-state index is 6.23. The molecule has 4 nitrogen and oxygen atoms in total. The molecule has 0 bridgehead atoms. The van der Waals surface area contributed by atoms with Gasteiger partial charge >= 0.3 is 0 Å². The zero-order valence-electron chi connectivity index (χ0n) is 11.0. The van der Waals surface area contributed by atoms with E-state index in [1.165, 1.54) is 0 Å². The van der Waals surface area contributed by atoms with Crippen molar-refractivity contribution in [2.45, 2.75) is 11.1 Å². The molecule has 0 saturated heterocycles. The van der Waals surface area contributed by atoms with Crippen LogP contribution in [0.2, 0.25) is 0 Å². The fraction of sp³-hybridized carbons (Fsp3) is 0.267. The van der Waals surface area contributed by atoms with Gasteiger partial charge in [0.05, 0.1) is 5.03 Å². The average Bonchev–Trinajstić information content (AvgIpc) is 2.53. The fourth-order valence-electron chi connectivity index (χ4n) is 1.99. The predicted molar refractivity (Wildman–Crippen MR) is 79.3 cm³/mol. The molecule has 1 aliphatic heterocycles. The summed E-state index contributed by atoms with van der Waals surface area (Å²) in [5.41, 5.74) is 7.28. The van der Waals surface area contributed by atoms with Gasteiger partial charge in [-0.2, -0.15) is 0 Å². The molecule has 104 valence electrons. The number of pyridine rings is 1. The lowest BCUT2D eigenvalue weighted by atomic mass is 10.1. The second kappa shape index (κ2) is 6.15. The number of hydrogen-bond acceptors (Lipinski definition) is 5. The van der Waals surface area contributed by atoms with Gasteiger partial charge in [0.1, 0.15) is 13.2 Å². The zero-order chi connectivity index (χ0) is 13.8. The summed E-state index contributed by atoms with van der Waals surface area (Å²) in [6, 6.07) is 11.7. The van der Waals surface area contributed by atoms with Gasteiger partial charge in [0.2, 0.25) is 0 Å².